The van der Waals surface area contributed by atoms with E-state index in [9.17, 15) is 0 Å². The van der Waals surface area contributed by atoms with Gasteiger partial charge in [0.15, 0.2) is 11.1 Å². The number of aliphatic imine (C=N–C) groups is 1. The topological polar surface area (TPSA) is 75.3 Å². The first-order valence-corrected chi connectivity index (χ1v) is 7.24. The summed E-state index contributed by atoms with van der Waals surface area (Å²) in [5.74, 6) is 0.444. The summed E-state index contributed by atoms with van der Waals surface area (Å²) in [6.45, 7) is 7.69. The highest BCUT2D eigenvalue weighted by atomic mass is 32.1. The number of aromatic nitrogens is 1. The summed E-state index contributed by atoms with van der Waals surface area (Å²) in [4.78, 5) is 8.64. The molecule has 1 heterocycles. The van der Waals surface area contributed by atoms with Crippen molar-refractivity contribution in [3.05, 3.63) is 36.4 Å². The Morgan fingerprint density at radius 1 is 1.40 bits per heavy atom. The molecule has 0 saturated heterocycles. The molecule has 0 atom stereocenters. The molecule has 6 heteroatoms. The van der Waals surface area contributed by atoms with Gasteiger partial charge in [0, 0.05) is 13.1 Å². The Bertz CT molecular complexity index is 584. The summed E-state index contributed by atoms with van der Waals surface area (Å²) < 4.78 is 1.19. The van der Waals surface area contributed by atoms with Gasteiger partial charge >= 0.3 is 0 Å². The Hall–Kier alpha value is -2.08. The molecule has 4 N–H and O–H groups in total. The van der Waals surface area contributed by atoms with Crippen molar-refractivity contribution in [2.75, 3.05) is 25.0 Å². The number of rotatable bonds is 6. The Morgan fingerprint density at radius 2 is 2.20 bits per heavy atom. The van der Waals surface area contributed by atoms with Crippen LogP contribution < -0.4 is 16.4 Å². The molecule has 0 spiro atoms. The van der Waals surface area contributed by atoms with Crippen LogP contribution in [0.1, 0.15) is 6.92 Å². The largest absolute Gasteiger partial charge is 0.370 e. The molecule has 0 radical (unpaired) electrons. The van der Waals surface area contributed by atoms with Gasteiger partial charge in [-0.2, -0.15) is 0 Å². The second-order valence-electron chi connectivity index (χ2n) is 4.50. The molecule has 20 heavy (non-hydrogen) atoms. The summed E-state index contributed by atoms with van der Waals surface area (Å²) >= 11 is 1.65. The first-order valence-electron chi connectivity index (χ1n) is 6.43. The van der Waals surface area contributed by atoms with Gasteiger partial charge in [-0.05, 0) is 19.1 Å². The highest BCUT2D eigenvalue weighted by Gasteiger charge is 2.01. The van der Waals surface area contributed by atoms with Gasteiger partial charge in [-0.25, -0.2) is 9.98 Å². The Morgan fingerprint density at radius 3 is 2.95 bits per heavy atom. The van der Waals surface area contributed by atoms with Crippen molar-refractivity contribution in [2.45, 2.75) is 6.92 Å². The third kappa shape index (κ3) is 4.24. The first kappa shape index (κ1) is 14.3. The molecule has 1 aromatic carbocycles. The van der Waals surface area contributed by atoms with E-state index in [0.717, 1.165) is 22.8 Å². The second-order valence-corrected chi connectivity index (χ2v) is 5.53. The average molecular weight is 289 g/mol. The van der Waals surface area contributed by atoms with Gasteiger partial charge in [0.05, 0.1) is 16.8 Å². The van der Waals surface area contributed by atoms with Gasteiger partial charge in [-0.15, -0.1) is 0 Å². The zero-order valence-corrected chi connectivity index (χ0v) is 12.3. The van der Waals surface area contributed by atoms with E-state index in [1.54, 1.807) is 11.3 Å². The van der Waals surface area contributed by atoms with Gasteiger partial charge in [0.1, 0.15) is 0 Å². The number of anilines is 1. The maximum atomic E-state index is 5.72. The number of thiazole rings is 1. The molecule has 2 rings (SSSR count). The van der Waals surface area contributed by atoms with Crippen LogP contribution in [0.3, 0.4) is 0 Å². The monoisotopic (exact) mass is 289 g/mol. The normalized spacial score (nSPS) is 11.6. The van der Waals surface area contributed by atoms with E-state index in [1.165, 1.54) is 4.70 Å². The minimum absolute atomic E-state index is 0.444. The van der Waals surface area contributed by atoms with Crippen molar-refractivity contribution in [3.63, 3.8) is 0 Å². The number of guanidine groups is 1. The second kappa shape index (κ2) is 6.91. The van der Waals surface area contributed by atoms with E-state index in [1.807, 2.05) is 25.1 Å². The Labute approximate surface area is 122 Å². The number of para-hydroxylation sites is 1. The quantitative estimate of drug-likeness (QED) is 0.330. The molecule has 1 aromatic heterocycles. The standard InChI is InChI=1S/C14H19N5S/c1-10(2)9-18-13(15)16-7-8-17-14-19-11-5-3-4-6-12(11)20-14/h3-6H,1,7-9H2,2H3,(H,17,19)(H3,15,16,18). The maximum absolute atomic E-state index is 5.72. The number of hydrogen-bond acceptors (Lipinski definition) is 4. The highest BCUT2D eigenvalue weighted by Crippen LogP contribution is 2.24. The van der Waals surface area contributed by atoms with Crippen molar-refractivity contribution in [3.8, 4) is 0 Å². The number of nitrogens with one attached hydrogen (secondary N) is 2. The van der Waals surface area contributed by atoms with Crippen LogP contribution in [-0.2, 0) is 0 Å². The lowest BCUT2D eigenvalue weighted by Gasteiger charge is -2.06. The van der Waals surface area contributed by atoms with Crippen LogP contribution in [0, 0.1) is 0 Å². The van der Waals surface area contributed by atoms with Crippen LogP contribution in [0.5, 0.6) is 0 Å². The minimum Gasteiger partial charge on any atom is -0.370 e. The zero-order valence-electron chi connectivity index (χ0n) is 11.5. The summed E-state index contributed by atoms with van der Waals surface area (Å²) in [5, 5.41) is 7.24. The molecule has 0 fully saturated rings. The Kier molecular flexibility index (Phi) is 4.95. The summed E-state index contributed by atoms with van der Waals surface area (Å²) in [5.41, 5.74) is 7.73. The first-order chi connectivity index (χ1) is 9.65. The fourth-order valence-corrected chi connectivity index (χ4v) is 2.48. The molecule has 0 bridgehead atoms. The van der Waals surface area contributed by atoms with Crippen LogP contribution in [0.4, 0.5) is 5.13 Å². The smallest absolute Gasteiger partial charge is 0.188 e. The van der Waals surface area contributed by atoms with Crippen LogP contribution >= 0.6 is 11.3 Å². The van der Waals surface area contributed by atoms with Gasteiger partial charge in [0.2, 0.25) is 0 Å². The minimum atomic E-state index is 0.444. The Balaban J connectivity index is 1.75. The number of fused-ring (bicyclic) bond motifs is 1. The third-order valence-corrected chi connectivity index (χ3v) is 3.51. The molecule has 0 unspecified atom stereocenters. The molecule has 0 amide bonds. The van der Waals surface area contributed by atoms with E-state index in [0.29, 0.717) is 19.0 Å². The van der Waals surface area contributed by atoms with Crippen LogP contribution in [0.15, 0.2) is 41.4 Å². The average Bonchev–Trinajstić information content (AvgIpc) is 2.84. The van der Waals surface area contributed by atoms with Gasteiger partial charge in [-0.1, -0.05) is 35.6 Å². The lowest BCUT2D eigenvalue weighted by atomic mass is 10.3. The van der Waals surface area contributed by atoms with E-state index in [2.05, 4.69) is 33.3 Å². The van der Waals surface area contributed by atoms with Crippen molar-refractivity contribution >= 4 is 32.6 Å². The summed E-state index contributed by atoms with van der Waals surface area (Å²) in [6, 6.07) is 8.09. The van der Waals surface area contributed by atoms with E-state index < -0.39 is 0 Å². The molecule has 5 nitrogen and oxygen atoms in total. The number of nitrogens with zero attached hydrogens (tertiary/aromatic N) is 2. The zero-order chi connectivity index (χ0) is 14.4. The molecule has 0 aliphatic carbocycles. The lowest BCUT2D eigenvalue weighted by Crippen LogP contribution is -2.35. The van der Waals surface area contributed by atoms with Gasteiger partial charge < -0.3 is 16.4 Å². The molecule has 0 aliphatic rings. The molecule has 0 aliphatic heterocycles. The van der Waals surface area contributed by atoms with Gasteiger partial charge in [0.25, 0.3) is 0 Å². The van der Waals surface area contributed by atoms with Crippen LogP contribution in [-0.4, -0.2) is 30.6 Å². The predicted octanol–water partition coefficient (Wildman–Crippen LogP) is 2.19. The van der Waals surface area contributed by atoms with E-state index >= 15 is 0 Å². The van der Waals surface area contributed by atoms with Gasteiger partial charge in [-0.3, -0.25) is 0 Å². The summed E-state index contributed by atoms with van der Waals surface area (Å²) in [6.07, 6.45) is 0. The SMILES string of the molecule is C=C(C)CN=C(N)NCCNc1nc2ccccc2s1. The van der Waals surface area contributed by atoms with E-state index in [-0.39, 0.29) is 0 Å². The fourth-order valence-electron chi connectivity index (χ4n) is 1.58. The molecule has 106 valence electrons. The highest BCUT2D eigenvalue weighted by molar-refractivity contribution is 7.22. The molecule has 0 saturated carbocycles. The van der Waals surface area contributed by atoms with Crippen molar-refractivity contribution in [1.29, 1.82) is 0 Å². The molecular formula is C14H19N5S. The van der Waals surface area contributed by atoms with Crippen LogP contribution in [0.25, 0.3) is 10.2 Å². The number of hydrogen-bond donors (Lipinski definition) is 3. The third-order valence-electron chi connectivity index (χ3n) is 2.52. The van der Waals surface area contributed by atoms with Crippen molar-refractivity contribution < 1.29 is 0 Å². The lowest BCUT2D eigenvalue weighted by molar-refractivity contribution is 0.888. The fraction of sp³-hybridized carbons (Fsp3) is 0.286. The molecule has 2 aromatic rings. The van der Waals surface area contributed by atoms with Crippen molar-refractivity contribution in [2.24, 2.45) is 10.7 Å². The number of nitrogens with two attached hydrogens (primary N) is 1. The summed E-state index contributed by atoms with van der Waals surface area (Å²) in [7, 11) is 0. The molecular weight excluding hydrogens is 270 g/mol. The van der Waals surface area contributed by atoms with Crippen LogP contribution in [0.2, 0.25) is 0 Å². The maximum Gasteiger partial charge on any atom is 0.188 e. The van der Waals surface area contributed by atoms with Crippen molar-refractivity contribution in [1.82, 2.24) is 10.3 Å². The predicted molar refractivity (Wildman–Crippen MR) is 87.4 cm³/mol. The number of benzene rings is 1. The van der Waals surface area contributed by atoms with E-state index in [4.69, 9.17) is 5.73 Å².